The van der Waals surface area contributed by atoms with E-state index in [1.54, 1.807) is 5.57 Å². The molecule has 1 atom stereocenters. The van der Waals surface area contributed by atoms with Gasteiger partial charge in [0.25, 0.3) is 0 Å². The molecule has 1 aliphatic rings. The second-order valence-electron chi connectivity index (χ2n) is 5.52. The predicted molar refractivity (Wildman–Crippen MR) is 94.7 cm³/mol. The Morgan fingerprint density at radius 1 is 1.05 bits per heavy atom. The molecule has 0 bridgehead atoms. The Hall–Kier alpha value is -0.357. The van der Waals surface area contributed by atoms with Gasteiger partial charge in [-0.3, -0.25) is 0 Å². The molecule has 0 fully saturated rings. The standard InChI is InChI=1S/C19H20.2ClH.Zr/c1-3-14(2)17-12-16-10-7-11-18(19(16)13-17)15-8-5-4-6-9-15;;;/h4-11,13-14H,3,12H2,1-2H3;2*1H;/q;;;+2/p-2. The van der Waals surface area contributed by atoms with E-state index in [4.69, 9.17) is 17.0 Å². The van der Waals surface area contributed by atoms with E-state index in [2.05, 4.69) is 68.5 Å². The number of halogens is 2. The van der Waals surface area contributed by atoms with Gasteiger partial charge in [0.15, 0.2) is 0 Å². The van der Waals surface area contributed by atoms with Crippen LogP contribution in [0.2, 0.25) is 0 Å². The monoisotopic (exact) mass is 408 g/mol. The van der Waals surface area contributed by atoms with Crippen molar-refractivity contribution in [2.24, 2.45) is 5.92 Å². The van der Waals surface area contributed by atoms with Gasteiger partial charge >= 0.3 is 37.9 Å². The van der Waals surface area contributed by atoms with Gasteiger partial charge in [0.1, 0.15) is 0 Å². The van der Waals surface area contributed by atoms with Crippen LogP contribution in [0.5, 0.6) is 0 Å². The van der Waals surface area contributed by atoms with Crippen LogP contribution in [-0.4, -0.2) is 0 Å². The molecule has 0 radical (unpaired) electrons. The van der Waals surface area contributed by atoms with Crippen LogP contribution >= 0.6 is 17.0 Å². The summed E-state index contributed by atoms with van der Waals surface area (Å²) in [6.07, 6.45) is 4.78. The molecule has 1 aliphatic carbocycles. The summed E-state index contributed by atoms with van der Waals surface area (Å²) in [6, 6.07) is 17.4. The number of rotatable bonds is 3. The van der Waals surface area contributed by atoms with Crippen LogP contribution in [0.3, 0.4) is 0 Å². The number of hydrogen-bond acceptors (Lipinski definition) is 0. The molecule has 0 N–H and O–H groups in total. The van der Waals surface area contributed by atoms with E-state index in [-0.39, 0.29) is 0 Å². The summed E-state index contributed by atoms with van der Waals surface area (Å²) in [5.74, 6) is 0.691. The third-order valence-electron chi connectivity index (χ3n) is 4.25. The molecule has 3 heteroatoms. The summed E-state index contributed by atoms with van der Waals surface area (Å²) in [5, 5.41) is 0. The predicted octanol–water partition coefficient (Wildman–Crippen LogP) is 6.72. The van der Waals surface area contributed by atoms with Crippen LogP contribution in [-0.2, 0) is 27.3 Å². The summed E-state index contributed by atoms with van der Waals surface area (Å²) in [7, 11) is 9.87. The molecule has 22 heavy (non-hydrogen) atoms. The molecule has 0 spiro atoms. The van der Waals surface area contributed by atoms with Gasteiger partial charge in [0.2, 0.25) is 0 Å². The van der Waals surface area contributed by atoms with Crippen molar-refractivity contribution in [1.29, 1.82) is 0 Å². The van der Waals surface area contributed by atoms with Crippen molar-refractivity contribution < 1.29 is 20.8 Å². The molecule has 0 heterocycles. The quantitative estimate of drug-likeness (QED) is 0.527. The van der Waals surface area contributed by atoms with Gasteiger partial charge < -0.3 is 0 Å². The summed E-state index contributed by atoms with van der Waals surface area (Å²) < 4.78 is 0. The van der Waals surface area contributed by atoms with E-state index in [9.17, 15) is 0 Å². The number of hydrogen-bond donors (Lipinski definition) is 0. The van der Waals surface area contributed by atoms with Crippen molar-refractivity contribution in [2.75, 3.05) is 0 Å². The van der Waals surface area contributed by atoms with Crippen molar-refractivity contribution >= 4 is 23.1 Å². The molecule has 3 rings (SSSR count). The first-order valence-corrected chi connectivity index (χ1v) is 13.9. The molecule has 1 unspecified atom stereocenters. The number of allylic oxidation sites excluding steroid dienone is 1. The van der Waals surface area contributed by atoms with Gasteiger partial charge in [-0.1, -0.05) is 74.0 Å². The van der Waals surface area contributed by atoms with Crippen molar-refractivity contribution in [3.63, 3.8) is 0 Å². The normalized spacial score (nSPS) is 13.5. The summed E-state index contributed by atoms with van der Waals surface area (Å²) in [4.78, 5) is 0. The van der Waals surface area contributed by atoms with Crippen molar-refractivity contribution in [3.05, 3.63) is 65.2 Å². The van der Waals surface area contributed by atoms with E-state index >= 15 is 0 Å². The molecule has 2 aromatic rings. The van der Waals surface area contributed by atoms with E-state index in [0.717, 1.165) is 6.42 Å². The Morgan fingerprint density at radius 3 is 2.36 bits per heavy atom. The summed E-state index contributed by atoms with van der Waals surface area (Å²) >= 11 is -0.826. The van der Waals surface area contributed by atoms with Crippen molar-refractivity contribution in [1.82, 2.24) is 0 Å². The number of fused-ring (bicyclic) bond motifs is 1. The fraction of sp³-hybridized carbons (Fsp3) is 0.263. The van der Waals surface area contributed by atoms with Crippen LogP contribution in [0.25, 0.3) is 17.2 Å². The zero-order valence-corrected chi connectivity index (χ0v) is 16.9. The first-order valence-electron chi connectivity index (χ1n) is 7.55. The fourth-order valence-corrected chi connectivity index (χ4v) is 2.84. The minimum atomic E-state index is -0.826. The average Bonchev–Trinajstić information content (AvgIpc) is 2.99. The van der Waals surface area contributed by atoms with Gasteiger partial charge in [-0.25, -0.2) is 0 Å². The van der Waals surface area contributed by atoms with Crippen molar-refractivity contribution in [3.8, 4) is 11.1 Å². The third kappa shape index (κ3) is 4.34. The average molecular weight is 410 g/mol. The molecular weight excluding hydrogens is 390 g/mol. The molecule has 114 valence electrons. The topological polar surface area (TPSA) is 0 Å². The first-order chi connectivity index (χ1) is 10.7. The van der Waals surface area contributed by atoms with Gasteiger partial charge in [-0.05, 0) is 41.0 Å². The fourth-order valence-electron chi connectivity index (χ4n) is 2.84. The van der Waals surface area contributed by atoms with E-state index in [0.29, 0.717) is 5.92 Å². The van der Waals surface area contributed by atoms with Crippen LogP contribution in [0.1, 0.15) is 31.4 Å². The molecular formula is C19H20Cl2Zr. The van der Waals surface area contributed by atoms with Gasteiger partial charge in [-0.2, -0.15) is 0 Å². The maximum atomic E-state index is 4.93. The molecule has 0 nitrogen and oxygen atoms in total. The molecule has 0 aliphatic heterocycles. The second kappa shape index (κ2) is 9.06. The van der Waals surface area contributed by atoms with Crippen LogP contribution in [0, 0.1) is 5.92 Å². The second-order valence-corrected chi connectivity index (χ2v) is 9.25. The van der Waals surface area contributed by atoms with Crippen LogP contribution < -0.4 is 0 Å². The van der Waals surface area contributed by atoms with Crippen molar-refractivity contribution in [2.45, 2.75) is 26.7 Å². The van der Waals surface area contributed by atoms with E-state index in [1.807, 2.05) is 0 Å². The first kappa shape index (κ1) is 18.0. The molecule has 0 saturated carbocycles. The zero-order valence-electron chi connectivity index (χ0n) is 12.9. The molecule has 2 aromatic carbocycles. The molecule has 0 amide bonds. The van der Waals surface area contributed by atoms with Crippen LogP contribution in [0.4, 0.5) is 0 Å². The molecule has 0 saturated heterocycles. The minimum absolute atomic E-state index is 0.691. The van der Waals surface area contributed by atoms with E-state index in [1.165, 1.54) is 28.7 Å². The summed E-state index contributed by atoms with van der Waals surface area (Å²) in [5.41, 5.74) is 7.19. The Bertz CT molecular complexity index is 635. The van der Waals surface area contributed by atoms with Gasteiger partial charge in [-0.15, -0.1) is 0 Å². The SMILES string of the molecule is CCC(C)C1=Cc2c(cccc2-c2ccccc2)C1.[Cl][Zr][Cl]. The Labute approximate surface area is 152 Å². The van der Waals surface area contributed by atoms with Gasteiger partial charge in [0, 0.05) is 0 Å². The van der Waals surface area contributed by atoms with Crippen LogP contribution in [0.15, 0.2) is 54.1 Å². The third-order valence-corrected chi connectivity index (χ3v) is 4.25. The summed E-state index contributed by atoms with van der Waals surface area (Å²) in [6.45, 7) is 4.60. The number of benzene rings is 2. The van der Waals surface area contributed by atoms with Gasteiger partial charge in [0.05, 0.1) is 0 Å². The Balaban J connectivity index is 0.000000545. The maximum absolute atomic E-state index is 4.93. The van der Waals surface area contributed by atoms with E-state index < -0.39 is 20.8 Å². The Kier molecular flexibility index (Phi) is 7.41. The zero-order chi connectivity index (χ0) is 15.9. The molecule has 0 aromatic heterocycles. The Morgan fingerprint density at radius 2 is 1.73 bits per heavy atom.